The van der Waals surface area contributed by atoms with Gasteiger partial charge in [0.05, 0.1) is 10.5 Å². The van der Waals surface area contributed by atoms with Crippen molar-refractivity contribution in [2.45, 2.75) is 0 Å². The molecule has 9 heteroatoms. The van der Waals surface area contributed by atoms with E-state index in [-0.39, 0.29) is 59.1 Å². The maximum atomic E-state index is 10.7. The molecule has 82 valence electrons. The van der Waals surface area contributed by atoms with Gasteiger partial charge in [-0.25, -0.2) is 9.59 Å². The van der Waals surface area contributed by atoms with Crippen LogP contribution in [0, 0.1) is 10.1 Å². The van der Waals surface area contributed by atoms with E-state index in [9.17, 15) is 19.7 Å². The molecule has 0 aliphatic heterocycles. The summed E-state index contributed by atoms with van der Waals surface area (Å²) < 4.78 is 0. The second-order valence-electron chi connectivity index (χ2n) is 2.57. The van der Waals surface area contributed by atoms with E-state index in [1.165, 1.54) is 0 Å². The molecular formula is C8H7NNa2O6. The Labute approximate surface area is 140 Å². The number of hydrogen-bond donors (Lipinski definition) is 2. The van der Waals surface area contributed by atoms with E-state index in [0.717, 1.165) is 18.2 Å². The molecule has 17 heavy (non-hydrogen) atoms. The fourth-order valence-corrected chi connectivity index (χ4v) is 1.10. The second-order valence-corrected chi connectivity index (χ2v) is 2.57. The van der Waals surface area contributed by atoms with E-state index >= 15 is 0 Å². The zero-order valence-electron chi connectivity index (χ0n) is 7.21. The van der Waals surface area contributed by atoms with Crippen molar-refractivity contribution in [2.75, 3.05) is 0 Å². The number of carboxylic acid groups (broad SMARTS) is 2. The number of rotatable bonds is 3. The first kappa shape index (κ1) is 18.9. The van der Waals surface area contributed by atoms with Gasteiger partial charge in [-0.2, -0.15) is 0 Å². The fourth-order valence-electron chi connectivity index (χ4n) is 1.10. The van der Waals surface area contributed by atoms with Crippen LogP contribution in [-0.4, -0.2) is 86.2 Å². The topological polar surface area (TPSA) is 118 Å². The fraction of sp³-hybridized carbons (Fsp3) is 0. The SMILES string of the molecule is O=C(O)c1cccc([N+](=O)[O-])c1C(=O)O.[NaH].[NaH]. The molecule has 1 aromatic rings. The summed E-state index contributed by atoms with van der Waals surface area (Å²) in [5.74, 6) is -3.16. The van der Waals surface area contributed by atoms with Crippen LogP contribution in [-0.2, 0) is 0 Å². The van der Waals surface area contributed by atoms with Crippen molar-refractivity contribution in [2.24, 2.45) is 0 Å². The van der Waals surface area contributed by atoms with Gasteiger partial charge in [0.1, 0.15) is 0 Å². The van der Waals surface area contributed by atoms with E-state index in [2.05, 4.69) is 0 Å². The van der Waals surface area contributed by atoms with Crippen molar-refractivity contribution < 1.29 is 24.7 Å². The van der Waals surface area contributed by atoms with Gasteiger partial charge in [-0.3, -0.25) is 10.1 Å². The van der Waals surface area contributed by atoms with Crippen LogP contribution in [0.25, 0.3) is 0 Å². The van der Waals surface area contributed by atoms with E-state index in [4.69, 9.17) is 10.2 Å². The summed E-state index contributed by atoms with van der Waals surface area (Å²) in [7, 11) is 0. The molecule has 1 aromatic carbocycles. The molecule has 0 radical (unpaired) electrons. The Balaban J connectivity index is 0. The molecule has 2 N–H and O–H groups in total. The van der Waals surface area contributed by atoms with E-state index in [0.29, 0.717) is 0 Å². The summed E-state index contributed by atoms with van der Waals surface area (Å²) >= 11 is 0. The first-order valence-electron chi connectivity index (χ1n) is 3.69. The molecule has 0 saturated carbocycles. The molecule has 0 fully saturated rings. The van der Waals surface area contributed by atoms with Crippen molar-refractivity contribution >= 4 is 76.7 Å². The first-order chi connectivity index (χ1) is 6.95. The second kappa shape index (κ2) is 7.80. The summed E-state index contributed by atoms with van der Waals surface area (Å²) in [4.78, 5) is 30.8. The quantitative estimate of drug-likeness (QED) is 0.437. The van der Waals surface area contributed by atoms with Crippen LogP contribution >= 0.6 is 0 Å². The Morgan fingerprint density at radius 3 is 2.00 bits per heavy atom. The summed E-state index contributed by atoms with van der Waals surface area (Å²) in [5, 5.41) is 27.8. The van der Waals surface area contributed by atoms with Gasteiger partial charge in [0.15, 0.2) is 5.56 Å². The van der Waals surface area contributed by atoms with Crippen LogP contribution in [0.2, 0.25) is 0 Å². The Bertz CT molecular complexity index is 429. The van der Waals surface area contributed by atoms with E-state index in [1.54, 1.807) is 0 Å². The van der Waals surface area contributed by atoms with Crippen LogP contribution in [0.5, 0.6) is 0 Å². The van der Waals surface area contributed by atoms with E-state index < -0.39 is 33.7 Å². The third kappa shape index (κ3) is 4.38. The molecule has 0 aliphatic rings. The Hall–Kier alpha value is -0.440. The Morgan fingerprint density at radius 1 is 1.12 bits per heavy atom. The van der Waals surface area contributed by atoms with Gasteiger partial charge < -0.3 is 10.2 Å². The average Bonchev–Trinajstić information content (AvgIpc) is 2.16. The first-order valence-corrected chi connectivity index (χ1v) is 3.69. The zero-order chi connectivity index (χ0) is 11.6. The molecular weight excluding hydrogens is 252 g/mol. The normalized spacial score (nSPS) is 8.47. The summed E-state index contributed by atoms with van der Waals surface area (Å²) in [6, 6.07) is 3.06. The summed E-state index contributed by atoms with van der Waals surface area (Å²) in [5.41, 5.74) is -2.14. The van der Waals surface area contributed by atoms with Crippen molar-refractivity contribution in [3.8, 4) is 0 Å². The standard InChI is InChI=1S/C8H5NO6.2Na.2H/c10-7(11)4-2-1-3-5(9(14)15)6(4)8(12)13;;;;/h1-3H,(H,10,11)(H,12,13);;;;. The van der Waals surface area contributed by atoms with Gasteiger partial charge in [0, 0.05) is 6.07 Å². The van der Waals surface area contributed by atoms with Gasteiger partial charge in [-0.15, -0.1) is 0 Å². The Morgan fingerprint density at radius 2 is 1.65 bits per heavy atom. The van der Waals surface area contributed by atoms with Crippen molar-refractivity contribution in [1.29, 1.82) is 0 Å². The van der Waals surface area contributed by atoms with Crippen LogP contribution in [0.4, 0.5) is 5.69 Å². The molecule has 1 rings (SSSR count). The number of nitro benzene ring substituents is 1. The van der Waals surface area contributed by atoms with Crippen LogP contribution in [0.3, 0.4) is 0 Å². The number of carbonyl (C=O) groups is 2. The van der Waals surface area contributed by atoms with Gasteiger partial charge in [-0.1, -0.05) is 6.07 Å². The summed E-state index contributed by atoms with van der Waals surface area (Å²) in [6.07, 6.45) is 0. The molecule has 7 nitrogen and oxygen atoms in total. The van der Waals surface area contributed by atoms with Gasteiger partial charge in [-0.05, 0) is 6.07 Å². The molecule has 0 spiro atoms. The molecule has 0 saturated heterocycles. The third-order valence-corrected chi connectivity index (χ3v) is 1.68. The maximum absolute atomic E-state index is 10.7. The minimum absolute atomic E-state index is 0. The number of hydrogen-bond acceptors (Lipinski definition) is 4. The number of aromatic carboxylic acids is 2. The zero-order valence-corrected chi connectivity index (χ0v) is 7.21. The average molecular weight is 259 g/mol. The number of benzene rings is 1. The van der Waals surface area contributed by atoms with Gasteiger partial charge >= 0.3 is 71.1 Å². The molecule has 0 atom stereocenters. The molecule has 0 heterocycles. The number of nitrogens with zero attached hydrogens (tertiary/aromatic N) is 1. The monoisotopic (exact) mass is 259 g/mol. The molecule has 0 amide bonds. The van der Waals surface area contributed by atoms with E-state index in [1.807, 2.05) is 0 Å². The Kier molecular flexibility index (Phi) is 8.68. The molecule has 0 bridgehead atoms. The molecule has 0 aliphatic carbocycles. The van der Waals surface area contributed by atoms with Gasteiger partial charge in [0.2, 0.25) is 0 Å². The number of nitro groups is 1. The minimum atomic E-state index is -1.64. The molecule has 0 aromatic heterocycles. The van der Waals surface area contributed by atoms with Crippen LogP contribution < -0.4 is 0 Å². The van der Waals surface area contributed by atoms with Crippen molar-refractivity contribution in [3.05, 3.63) is 39.4 Å². The van der Waals surface area contributed by atoms with Crippen LogP contribution in [0.15, 0.2) is 18.2 Å². The number of carboxylic acids is 2. The van der Waals surface area contributed by atoms with Crippen molar-refractivity contribution in [3.63, 3.8) is 0 Å². The third-order valence-electron chi connectivity index (χ3n) is 1.68. The van der Waals surface area contributed by atoms with Crippen LogP contribution in [0.1, 0.15) is 20.7 Å². The molecule has 0 unspecified atom stereocenters. The predicted molar refractivity (Wildman–Crippen MR) is 61.3 cm³/mol. The van der Waals surface area contributed by atoms with Gasteiger partial charge in [0.25, 0.3) is 5.69 Å². The summed E-state index contributed by atoms with van der Waals surface area (Å²) in [6.45, 7) is 0. The van der Waals surface area contributed by atoms with Crippen molar-refractivity contribution in [1.82, 2.24) is 0 Å². The predicted octanol–water partition coefficient (Wildman–Crippen LogP) is -0.306.